The molecule has 0 unspecified atom stereocenters. The Hall–Kier alpha value is -2.11. The molecule has 4 nitrogen and oxygen atoms in total. The van der Waals surface area contributed by atoms with E-state index in [1.165, 1.54) is 5.56 Å². The van der Waals surface area contributed by atoms with Gasteiger partial charge in [-0.2, -0.15) is 0 Å². The summed E-state index contributed by atoms with van der Waals surface area (Å²) >= 11 is 3.52. The predicted octanol–water partition coefficient (Wildman–Crippen LogP) is 4.58. The summed E-state index contributed by atoms with van der Waals surface area (Å²) in [6.07, 6.45) is 1.72. The summed E-state index contributed by atoms with van der Waals surface area (Å²) in [6.45, 7) is 4.03. The second-order valence-corrected chi connectivity index (χ2v) is 6.28. The molecule has 1 N–H and O–H groups in total. The molecule has 0 radical (unpaired) electrons. The Labute approximate surface area is 150 Å². The van der Waals surface area contributed by atoms with Crippen molar-refractivity contribution in [1.82, 2.24) is 10.3 Å². The van der Waals surface area contributed by atoms with Crippen molar-refractivity contribution in [3.8, 4) is 17.2 Å². The Morgan fingerprint density at radius 2 is 2.08 bits per heavy atom. The highest BCUT2D eigenvalue weighted by Crippen LogP contribution is 2.26. The fourth-order valence-corrected chi connectivity index (χ4v) is 2.54. The van der Waals surface area contributed by atoms with Crippen molar-refractivity contribution in [3.63, 3.8) is 0 Å². The van der Waals surface area contributed by atoms with Gasteiger partial charge in [0.15, 0.2) is 0 Å². The summed E-state index contributed by atoms with van der Waals surface area (Å²) in [4.78, 5) is 4.11. The number of nitrogens with zero attached hydrogens (tertiary/aromatic N) is 1. The van der Waals surface area contributed by atoms with Crippen LogP contribution < -0.4 is 10.1 Å². The third kappa shape index (κ3) is 4.46. The van der Waals surface area contributed by atoms with Crippen molar-refractivity contribution in [3.05, 3.63) is 70.5 Å². The van der Waals surface area contributed by atoms with E-state index in [4.69, 9.17) is 9.15 Å². The number of furan rings is 1. The Kier molecular flexibility index (Phi) is 5.67. The number of nitrogens with one attached hydrogen (secondary N) is 1. The third-order valence-corrected chi connectivity index (χ3v) is 4.46. The van der Waals surface area contributed by atoms with E-state index in [1.54, 1.807) is 6.20 Å². The van der Waals surface area contributed by atoms with Crippen LogP contribution in [-0.4, -0.2) is 18.1 Å². The average molecular weight is 387 g/mol. The van der Waals surface area contributed by atoms with Crippen molar-refractivity contribution in [2.45, 2.75) is 13.5 Å². The van der Waals surface area contributed by atoms with Crippen LogP contribution in [0.25, 0.3) is 11.3 Å². The highest BCUT2D eigenvalue weighted by atomic mass is 79.9. The minimum atomic E-state index is 0.566. The highest BCUT2D eigenvalue weighted by Gasteiger charge is 2.06. The first-order chi connectivity index (χ1) is 11.7. The van der Waals surface area contributed by atoms with Crippen molar-refractivity contribution in [2.24, 2.45) is 0 Å². The summed E-state index contributed by atoms with van der Waals surface area (Å²) in [6, 6.07) is 15.8. The standard InChI is InChI=1S/C19H19BrN2O2/c1-14-12-15(5-7-17(14)20)18-8-6-16(24-18)13-21-10-11-23-19-4-2-3-9-22-19/h2-9,12,21H,10-11,13H2,1H3. The van der Waals surface area contributed by atoms with Crippen molar-refractivity contribution in [2.75, 3.05) is 13.2 Å². The molecule has 0 amide bonds. The number of halogens is 1. The van der Waals surface area contributed by atoms with Crippen LogP contribution in [0.4, 0.5) is 0 Å². The fraction of sp³-hybridized carbons (Fsp3) is 0.211. The van der Waals surface area contributed by atoms with Gasteiger partial charge in [-0.3, -0.25) is 0 Å². The molecule has 0 bridgehead atoms. The van der Waals surface area contributed by atoms with Gasteiger partial charge in [-0.15, -0.1) is 0 Å². The molecule has 0 aliphatic rings. The van der Waals surface area contributed by atoms with E-state index in [1.807, 2.05) is 42.5 Å². The molecular weight excluding hydrogens is 368 g/mol. The largest absolute Gasteiger partial charge is 0.476 e. The van der Waals surface area contributed by atoms with E-state index in [2.05, 4.69) is 39.2 Å². The summed E-state index contributed by atoms with van der Waals surface area (Å²) < 4.78 is 12.5. The third-order valence-electron chi connectivity index (χ3n) is 3.57. The van der Waals surface area contributed by atoms with E-state index in [9.17, 15) is 0 Å². The Morgan fingerprint density at radius 1 is 1.17 bits per heavy atom. The van der Waals surface area contributed by atoms with Crippen LogP contribution in [0.2, 0.25) is 0 Å². The minimum Gasteiger partial charge on any atom is -0.476 e. The summed E-state index contributed by atoms with van der Waals surface area (Å²) in [5.41, 5.74) is 2.27. The topological polar surface area (TPSA) is 47.3 Å². The number of benzene rings is 1. The zero-order valence-electron chi connectivity index (χ0n) is 13.5. The number of aromatic nitrogens is 1. The first-order valence-electron chi connectivity index (χ1n) is 7.82. The van der Waals surface area contributed by atoms with Gasteiger partial charge in [-0.1, -0.05) is 28.1 Å². The van der Waals surface area contributed by atoms with E-state index in [-0.39, 0.29) is 0 Å². The minimum absolute atomic E-state index is 0.566. The highest BCUT2D eigenvalue weighted by molar-refractivity contribution is 9.10. The summed E-state index contributed by atoms with van der Waals surface area (Å²) in [5.74, 6) is 2.43. The van der Waals surface area contributed by atoms with E-state index < -0.39 is 0 Å². The zero-order chi connectivity index (χ0) is 16.8. The number of pyridine rings is 1. The zero-order valence-corrected chi connectivity index (χ0v) is 15.0. The molecule has 2 aromatic heterocycles. The number of ether oxygens (including phenoxy) is 1. The van der Waals surface area contributed by atoms with Crippen molar-refractivity contribution >= 4 is 15.9 Å². The van der Waals surface area contributed by atoms with Crippen LogP contribution in [0.3, 0.4) is 0 Å². The number of rotatable bonds is 7. The smallest absolute Gasteiger partial charge is 0.213 e. The van der Waals surface area contributed by atoms with Crippen LogP contribution in [0.1, 0.15) is 11.3 Å². The Bertz CT molecular complexity index is 787. The van der Waals surface area contributed by atoms with Gasteiger partial charge in [0.2, 0.25) is 5.88 Å². The fourth-order valence-electron chi connectivity index (χ4n) is 2.30. The van der Waals surface area contributed by atoms with Crippen LogP contribution >= 0.6 is 15.9 Å². The van der Waals surface area contributed by atoms with Gasteiger partial charge in [-0.25, -0.2) is 4.98 Å². The van der Waals surface area contributed by atoms with Gasteiger partial charge < -0.3 is 14.5 Å². The lowest BCUT2D eigenvalue weighted by Crippen LogP contribution is -2.20. The number of aryl methyl sites for hydroxylation is 1. The number of hydrogen-bond acceptors (Lipinski definition) is 4. The molecule has 0 spiro atoms. The van der Waals surface area contributed by atoms with Gasteiger partial charge in [0.25, 0.3) is 0 Å². The predicted molar refractivity (Wildman–Crippen MR) is 98.0 cm³/mol. The second-order valence-electron chi connectivity index (χ2n) is 5.42. The first kappa shape index (κ1) is 16.7. The van der Waals surface area contributed by atoms with E-state index in [0.29, 0.717) is 19.0 Å². The molecule has 0 aliphatic carbocycles. The molecule has 0 aliphatic heterocycles. The Balaban J connectivity index is 1.47. The molecule has 0 saturated heterocycles. The molecule has 0 atom stereocenters. The molecule has 0 fully saturated rings. The lowest BCUT2D eigenvalue weighted by atomic mass is 10.1. The maximum atomic E-state index is 5.90. The lowest BCUT2D eigenvalue weighted by Gasteiger charge is -2.05. The van der Waals surface area contributed by atoms with Gasteiger partial charge >= 0.3 is 0 Å². The first-order valence-corrected chi connectivity index (χ1v) is 8.61. The molecule has 3 aromatic rings. The van der Waals surface area contributed by atoms with Gasteiger partial charge in [0.1, 0.15) is 18.1 Å². The van der Waals surface area contributed by atoms with Crippen LogP contribution in [0, 0.1) is 6.92 Å². The summed E-state index contributed by atoms with van der Waals surface area (Å²) in [5, 5.41) is 3.30. The van der Waals surface area contributed by atoms with Gasteiger partial charge in [0.05, 0.1) is 6.54 Å². The molecule has 0 saturated carbocycles. The van der Waals surface area contributed by atoms with Gasteiger partial charge in [-0.05, 0) is 42.8 Å². The van der Waals surface area contributed by atoms with Crippen molar-refractivity contribution in [1.29, 1.82) is 0 Å². The lowest BCUT2D eigenvalue weighted by molar-refractivity contribution is 0.300. The van der Waals surface area contributed by atoms with Crippen LogP contribution in [-0.2, 0) is 6.54 Å². The Morgan fingerprint density at radius 3 is 2.88 bits per heavy atom. The molecule has 124 valence electrons. The molecule has 3 rings (SSSR count). The number of hydrogen-bond donors (Lipinski definition) is 1. The van der Waals surface area contributed by atoms with E-state index in [0.717, 1.165) is 28.1 Å². The normalized spacial score (nSPS) is 10.8. The monoisotopic (exact) mass is 386 g/mol. The van der Waals surface area contributed by atoms with Crippen molar-refractivity contribution < 1.29 is 9.15 Å². The second kappa shape index (κ2) is 8.13. The maximum absolute atomic E-state index is 5.90. The maximum Gasteiger partial charge on any atom is 0.213 e. The van der Waals surface area contributed by atoms with Gasteiger partial charge in [0, 0.05) is 28.8 Å². The van der Waals surface area contributed by atoms with E-state index >= 15 is 0 Å². The molecule has 1 aromatic carbocycles. The summed E-state index contributed by atoms with van der Waals surface area (Å²) in [7, 11) is 0. The molecule has 2 heterocycles. The van der Waals surface area contributed by atoms with Crippen LogP contribution in [0.5, 0.6) is 5.88 Å². The molecule has 5 heteroatoms. The molecular formula is C19H19BrN2O2. The quantitative estimate of drug-likeness (QED) is 0.603. The average Bonchev–Trinajstić information content (AvgIpc) is 3.07. The molecule has 24 heavy (non-hydrogen) atoms. The SMILES string of the molecule is Cc1cc(-c2ccc(CNCCOc3ccccn3)o2)ccc1Br. The van der Waals surface area contributed by atoms with Crippen LogP contribution in [0.15, 0.2) is 63.6 Å².